The van der Waals surface area contributed by atoms with Gasteiger partial charge in [-0.25, -0.2) is 9.59 Å². The van der Waals surface area contributed by atoms with Crippen LogP contribution in [0.5, 0.6) is 0 Å². The summed E-state index contributed by atoms with van der Waals surface area (Å²) in [5.74, 6) is -3.86. The molecule has 0 spiro atoms. The van der Waals surface area contributed by atoms with E-state index in [-0.39, 0.29) is 19.4 Å². The first-order chi connectivity index (χ1) is 13.6. The first-order valence-corrected chi connectivity index (χ1v) is 8.61. The van der Waals surface area contributed by atoms with Crippen LogP contribution in [0, 0.1) is 0 Å². The standard InChI is InChI=1S/C11H14N2O3.C7H11NO5/c14-10(15)8-13-11(16)12-7-6-9-4-2-1-3-5-9;1-4(9)8-5(7(12)13)2-3-6(10)11/h1-5H,6-8H2,(H,14,15)(H2,12,13,16);5H,2-3H2,1H3,(H,8,9)(H,10,11)(H,12,13). The molecule has 0 fully saturated rings. The summed E-state index contributed by atoms with van der Waals surface area (Å²) in [5.41, 5.74) is 1.13. The summed E-state index contributed by atoms with van der Waals surface area (Å²) >= 11 is 0. The monoisotopic (exact) mass is 411 g/mol. The maximum absolute atomic E-state index is 11.1. The summed E-state index contributed by atoms with van der Waals surface area (Å²) in [7, 11) is 0. The van der Waals surface area contributed by atoms with Crippen LogP contribution in [0.3, 0.4) is 0 Å². The Kier molecular flexibility index (Phi) is 12.6. The highest BCUT2D eigenvalue weighted by molar-refractivity contribution is 5.82. The van der Waals surface area contributed by atoms with Gasteiger partial charge in [-0.2, -0.15) is 0 Å². The molecule has 11 nitrogen and oxygen atoms in total. The van der Waals surface area contributed by atoms with Gasteiger partial charge in [0.15, 0.2) is 0 Å². The van der Waals surface area contributed by atoms with E-state index in [4.69, 9.17) is 15.3 Å². The summed E-state index contributed by atoms with van der Waals surface area (Å²) in [6.07, 6.45) is 0.336. The third-order valence-electron chi connectivity index (χ3n) is 3.26. The molecule has 0 aromatic heterocycles. The summed E-state index contributed by atoms with van der Waals surface area (Å²) in [4.78, 5) is 52.2. The zero-order chi connectivity index (χ0) is 22.2. The zero-order valence-corrected chi connectivity index (χ0v) is 15.9. The van der Waals surface area contributed by atoms with E-state index < -0.39 is 35.9 Å². The van der Waals surface area contributed by atoms with Gasteiger partial charge in [0, 0.05) is 19.9 Å². The molecule has 1 aromatic rings. The van der Waals surface area contributed by atoms with Crippen molar-refractivity contribution in [2.75, 3.05) is 13.1 Å². The molecule has 29 heavy (non-hydrogen) atoms. The minimum atomic E-state index is -1.23. The third kappa shape index (κ3) is 15.2. The van der Waals surface area contributed by atoms with Crippen molar-refractivity contribution in [3.8, 4) is 0 Å². The maximum atomic E-state index is 11.1. The van der Waals surface area contributed by atoms with Crippen molar-refractivity contribution in [3.63, 3.8) is 0 Å². The highest BCUT2D eigenvalue weighted by atomic mass is 16.4. The average Bonchev–Trinajstić information content (AvgIpc) is 2.64. The Balaban J connectivity index is 0.000000555. The molecule has 3 amide bonds. The van der Waals surface area contributed by atoms with Crippen molar-refractivity contribution in [2.24, 2.45) is 0 Å². The van der Waals surface area contributed by atoms with Crippen molar-refractivity contribution >= 4 is 29.8 Å². The number of carboxylic acids is 3. The lowest BCUT2D eigenvalue weighted by Gasteiger charge is -2.10. The van der Waals surface area contributed by atoms with E-state index in [1.165, 1.54) is 6.92 Å². The average molecular weight is 411 g/mol. The third-order valence-corrected chi connectivity index (χ3v) is 3.26. The number of urea groups is 1. The van der Waals surface area contributed by atoms with Crippen LogP contribution in [-0.4, -0.2) is 64.3 Å². The summed E-state index contributed by atoms with van der Waals surface area (Å²) < 4.78 is 0. The van der Waals surface area contributed by atoms with Crippen molar-refractivity contribution in [2.45, 2.75) is 32.2 Å². The molecular formula is C18H25N3O8. The van der Waals surface area contributed by atoms with Gasteiger partial charge in [0.05, 0.1) is 0 Å². The Morgan fingerprint density at radius 2 is 1.55 bits per heavy atom. The quantitative estimate of drug-likeness (QED) is 0.312. The number of hydrogen-bond donors (Lipinski definition) is 6. The fourth-order valence-corrected chi connectivity index (χ4v) is 1.95. The van der Waals surface area contributed by atoms with Gasteiger partial charge in [0.1, 0.15) is 12.6 Å². The van der Waals surface area contributed by atoms with Gasteiger partial charge in [-0.15, -0.1) is 0 Å². The van der Waals surface area contributed by atoms with Crippen molar-refractivity contribution in [1.29, 1.82) is 0 Å². The van der Waals surface area contributed by atoms with Crippen LogP contribution in [0.2, 0.25) is 0 Å². The number of rotatable bonds is 10. The van der Waals surface area contributed by atoms with Crippen LogP contribution in [-0.2, 0) is 25.6 Å². The molecule has 0 aliphatic rings. The van der Waals surface area contributed by atoms with Gasteiger partial charge in [0.2, 0.25) is 5.91 Å². The summed E-state index contributed by atoms with van der Waals surface area (Å²) in [6, 6.07) is 8.15. The fourth-order valence-electron chi connectivity index (χ4n) is 1.95. The Bertz CT molecular complexity index is 694. The zero-order valence-electron chi connectivity index (χ0n) is 15.9. The number of nitrogens with one attached hydrogen (secondary N) is 3. The lowest BCUT2D eigenvalue weighted by molar-refractivity contribution is -0.142. The van der Waals surface area contributed by atoms with Crippen molar-refractivity contribution in [1.82, 2.24) is 16.0 Å². The van der Waals surface area contributed by atoms with E-state index in [9.17, 15) is 24.0 Å². The molecule has 160 valence electrons. The minimum Gasteiger partial charge on any atom is -0.481 e. The van der Waals surface area contributed by atoms with E-state index in [1.54, 1.807) is 0 Å². The smallest absolute Gasteiger partial charge is 0.326 e. The van der Waals surface area contributed by atoms with E-state index in [0.717, 1.165) is 12.0 Å². The Morgan fingerprint density at radius 3 is 2.03 bits per heavy atom. The molecule has 0 heterocycles. The van der Waals surface area contributed by atoms with Crippen LogP contribution >= 0.6 is 0 Å². The van der Waals surface area contributed by atoms with Crippen molar-refractivity contribution < 1.29 is 39.3 Å². The minimum absolute atomic E-state index is 0.107. The molecule has 0 aliphatic heterocycles. The van der Waals surface area contributed by atoms with Gasteiger partial charge in [0.25, 0.3) is 0 Å². The molecule has 0 bridgehead atoms. The first kappa shape index (κ1) is 25.4. The van der Waals surface area contributed by atoms with Crippen LogP contribution in [0.1, 0.15) is 25.3 Å². The maximum Gasteiger partial charge on any atom is 0.326 e. The lowest BCUT2D eigenvalue weighted by atomic mass is 10.1. The second-order valence-corrected chi connectivity index (χ2v) is 5.76. The Morgan fingerprint density at radius 1 is 0.931 bits per heavy atom. The largest absolute Gasteiger partial charge is 0.481 e. The molecule has 11 heteroatoms. The second kappa shape index (κ2) is 14.4. The molecule has 0 saturated carbocycles. The Labute approximate surface area is 167 Å². The van der Waals surface area contributed by atoms with Gasteiger partial charge in [-0.05, 0) is 18.4 Å². The molecule has 1 aromatic carbocycles. The SMILES string of the molecule is CC(=O)NC(CCC(=O)O)C(=O)O.O=C(O)CNC(=O)NCCc1ccccc1. The van der Waals surface area contributed by atoms with Crippen LogP contribution in [0.25, 0.3) is 0 Å². The summed E-state index contributed by atoms with van der Waals surface area (Å²) in [5, 5.41) is 32.0. The first-order valence-electron chi connectivity index (χ1n) is 8.61. The number of benzene rings is 1. The molecule has 0 aliphatic carbocycles. The lowest BCUT2D eigenvalue weighted by Crippen LogP contribution is -2.39. The second-order valence-electron chi connectivity index (χ2n) is 5.76. The topological polar surface area (TPSA) is 182 Å². The predicted octanol–water partition coefficient (Wildman–Crippen LogP) is 0.0534. The van der Waals surface area contributed by atoms with E-state index in [1.807, 2.05) is 30.3 Å². The molecule has 1 atom stereocenters. The van der Waals surface area contributed by atoms with E-state index >= 15 is 0 Å². The summed E-state index contributed by atoms with van der Waals surface area (Å²) in [6.45, 7) is 1.29. The molecule has 0 saturated heterocycles. The highest BCUT2D eigenvalue weighted by Crippen LogP contribution is 1.98. The van der Waals surface area contributed by atoms with Gasteiger partial charge in [-0.1, -0.05) is 30.3 Å². The van der Waals surface area contributed by atoms with Crippen LogP contribution in [0.15, 0.2) is 30.3 Å². The van der Waals surface area contributed by atoms with Crippen molar-refractivity contribution in [3.05, 3.63) is 35.9 Å². The number of hydrogen-bond acceptors (Lipinski definition) is 5. The molecule has 1 rings (SSSR count). The Hall–Kier alpha value is -3.63. The molecular weight excluding hydrogens is 386 g/mol. The molecule has 1 unspecified atom stereocenters. The van der Waals surface area contributed by atoms with Gasteiger partial charge in [-0.3, -0.25) is 14.4 Å². The van der Waals surface area contributed by atoms with Gasteiger partial charge >= 0.3 is 23.9 Å². The number of carbonyl (C=O) groups excluding carboxylic acids is 2. The van der Waals surface area contributed by atoms with E-state index in [2.05, 4.69) is 16.0 Å². The number of amides is 3. The number of aliphatic carboxylic acids is 3. The molecule has 6 N–H and O–H groups in total. The molecule has 0 radical (unpaired) electrons. The van der Waals surface area contributed by atoms with Crippen LogP contribution < -0.4 is 16.0 Å². The predicted molar refractivity (Wildman–Crippen MR) is 101 cm³/mol. The number of carbonyl (C=O) groups is 5. The van der Waals surface area contributed by atoms with E-state index in [0.29, 0.717) is 6.54 Å². The number of carboxylic acid groups (broad SMARTS) is 3. The highest BCUT2D eigenvalue weighted by Gasteiger charge is 2.18. The van der Waals surface area contributed by atoms with Gasteiger partial charge < -0.3 is 31.3 Å². The van der Waals surface area contributed by atoms with Crippen LogP contribution in [0.4, 0.5) is 4.79 Å². The fraction of sp³-hybridized carbons (Fsp3) is 0.389. The normalized spacial score (nSPS) is 10.5.